The molecule has 0 amide bonds. The van der Waals surface area contributed by atoms with Gasteiger partial charge in [-0.2, -0.15) is 0 Å². The van der Waals surface area contributed by atoms with Gasteiger partial charge in [0.25, 0.3) is 0 Å². The largest absolute Gasteiger partial charge is 0.491 e. The molecule has 1 atom stereocenters. The summed E-state index contributed by atoms with van der Waals surface area (Å²) in [5.74, 6) is 0.742. The molecule has 2 heterocycles. The number of rotatable bonds is 13. The fourth-order valence-electron chi connectivity index (χ4n) is 3.65. The Hall–Kier alpha value is -2.26. The van der Waals surface area contributed by atoms with E-state index in [0.717, 1.165) is 53.8 Å². The molecule has 0 fully saturated rings. The number of nitrogens with zero attached hydrogens (tertiary/aromatic N) is 4. The molecule has 0 aliphatic carbocycles. The van der Waals surface area contributed by atoms with E-state index < -0.39 is 14.2 Å². The predicted molar refractivity (Wildman–Crippen MR) is 136 cm³/mol. The van der Waals surface area contributed by atoms with Crippen molar-refractivity contribution in [2.24, 2.45) is 0 Å². The van der Waals surface area contributed by atoms with Crippen molar-refractivity contribution in [2.45, 2.75) is 52.4 Å². The Morgan fingerprint density at radius 3 is 2.52 bits per heavy atom. The van der Waals surface area contributed by atoms with Crippen molar-refractivity contribution >= 4 is 19.1 Å². The van der Waals surface area contributed by atoms with Gasteiger partial charge in [-0.1, -0.05) is 33.5 Å². The Kier molecular flexibility index (Phi) is 9.02. The van der Waals surface area contributed by atoms with Crippen molar-refractivity contribution in [3.63, 3.8) is 0 Å². The number of hydrogen-bond donors (Lipinski definition) is 1. The highest BCUT2D eigenvalue weighted by atomic mass is 28.3. The van der Waals surface area contributed by atoms with Crippen LogP contribution in [-0.2, 0) is 11.5 Å². The van der Waals surface area contributed by atoms with Crippen LogP contribution in [0.15, 0.2) is 42.9 Å². The van der Waals surface area contributed by atoms with Crippen LogP contribution in [-0.4, -0.2) is 71.6 Å². The molecule has 0 aliphatic heterocycles. The third-order valence-corrected chi connectivity index (χ3v) is 7.43. The lowest BCUT2D eigenvalue weighted by Gasteiger charge is -2.22. The highest BCUT2D eigenvalue weighted by molar-refractivity contribution is 6.76. The van der Waals surface area contributed by atoms with Gasteiger partial charge in [-0.15, -0.1) is 0 Å². The van der Waals surface area contributed by atoms with Gasteiger partial charge in [-0.3, -0.25) is 0 Å². The topological polar surface area (TPSA) is 72.6 Å². The maximum absolute atomic E-state index is 10.3. The zero-order valence-corrected chi connectivity index (χ0v) is 21.6. The van der Waals surface area contributed by atoms with E-state index in [1.807, 2.05) is 30.5 Å². The van der Waals surface area contributed by atoms with Gasteiger partial charge in [0.05, 0.1) is 5.69 Å². The minimum atomic E-state index is -1.14. The quantitative estimate of drug-likeness (QED) is 0.293. The maximum Gasteiger partial charge on any atom is 0.145 e. The van der Waals surface area contributed by atoms with Crippen LogP contribution < -0.4 is 4.74 Å². The van der Waals surface area contributed by atoms with Crippen molar-refractivity contribution in [1.82, 2.24) is 19.4 Å². The summed E-state index contributed by atoms with van der Waals surface area (Å²) in [6, 6.07) is 11.2. The third-order valence-electron chi connectivity index (χ3n) is 5.73. The minimum absolute atomic E-state index is 0.274. The summed E-state index contributed by atoms with van der Waals surface area (Å²) < 4.78 is 14.0. The van der Waals surface area contributed by atoms with Crippen molar-refractivity contribution < 1.29 is 14.6 Å². The van der Waals surface area contributed by atoms with E-state index in [0.29, 0.717) is 13.3 Å². The van der Waals surface area contributed by atoms with Crippen molar-refractivity contribution in [3.05, 3.63) is 42.9 Å². The van der Waals surface area contributed by atoms with E-state index in [-0.39, 0.29) is 6.61 Å². The second-order valence-corrected chi connectivity index (χ2v) is 15.2. The van der Waals surface area contributed by atoms with Gasteiger partial charge in [0.2, 0.25) is 0 Å². The molecule has 3 rings (SSSR count). The first-order valence-corrected chi connectivity index (χ1v) is 15.5. The van der Waals surface area contributed by atoms with Crippen LogP contribution in [0.1, 0.15) is 13.8 Å². The molecule has 0 unspecified atom stereocenters. The minimum Gasteiger partial charge on any atom is -0.491 e. The average molecular weight is 471 g/mol. The van der Waals surface area contributed by atoms with Crippen LogP contribution in [0.3, 0.4) is 0 Å². The summed E-state index contributed by atoms with van der Waals surface area (Å²) >= 11 is 0. The van der Waals surface area contributed by atoms with E-state index in [1.54, 1.807) is 6.33 Å². The van der Waals surface area contributed by atoms with Crippen molar-refractivity contribution in [3.8, 4) is 17.0 Å². The fourth-order valence-corrected chi connectivity index (χ4v) is 4.41. The van der Waals surface area contributed by atoms with Gasteiger partial charge in [-0.05, 0) is 55.0 Å². The summed E-state index contributed by atoms with van der Waals surface area (Å²) in [7, 11) is -1.14. The number of fused-ring (bicyclic) bond motifs is 1. The molecule has 0 saturated heterocycles. The number of benzene rings is 1. The van der Waals surface area contributed by atoms with E-state index in [4.69, 9.17) is 9.47 Å². The molecule has 180 valence electrons. The Bertz CT molecular complexity index is 997. The smallest absolute Gasteiger partial charge is 0.145 e. The standard InChI is InChI=1S/C25H38N4O3Si/c1-6-28(7-2)16-22(30)17-32-23-10-8-20(9-11-23)24-14-21-15-26-18-27-25(21)29(24)19-31-12-13-33(3,4)5/h8-11,14-15,18,22,30H,6-7,12-13,16-17,19H2,1-5H3/t22-/m0/s1. The predicted octanol–water partition coefficient (Wildman–Crippen LogP) is 4.49. The zero-order valence-electron chi connectivity index (χ0n) is 20.6. The SMILES string of the molecule is CCN(CC)C[C@H](O)COc1ccc(-c2cc3cncnc3n2COCC[Si](C)(C)C)cc1. The maximum atomic E-state index is 10.3. The van der Waals surface area contributed by atoms with Gasteiger partial charge in [0.15, 0.2) is 0 Å². The van der Waals surface area contributed by atoms with Crippen LogP contribution in [0.25, 0.3) is 22.3 Å². The molecule has 0 radical (unpaired) electrons. The van der Waals surface area contributed by atoms with Gasteiger partial charge in [-0.25, -0.2) is 9.97 Å². The van der Waals surface area contributed by atoms with Crippen LogP contribution in [0.4, 0.5) is 0 Å². The highest BCUT2D eigenvalue weighted by Gasteiger charge is 2.15. The Labute approximate surface area is 198 Å². The van der Waals surface area contributed by atoms with Crippen molar-refractivity contribution in [1.29, 1.82) is 0 Å². The lowest BCUT2D eigenvalue weighted by Crippen LogP contribution is -2.35. The fraction of sp³-hybridized carbons (Fsp3) is 0.520. The lowest BCUT2D eigenvalue weighted by molar-refractivity contribution is 0.0716. The third kappa shape index (κ3) is 7.36. The second kappa shape index (κ2) is 11.7. The molecule has 0 saturated carbocycles. The van der Waals surface area contributed by atoms with Crippen LogP contribution in [0.5, 0.6) is 5.75 Å². The molecular formula is C25H38N4O3Si. The summed E-state index contributed by atoms with van der Waals surface area (Å²) in [4.78, 5) is 10.8. The molecule has 0 aliphatic rings. The van der Waals surface area contributed by atoms with E-state index in [9.17, 15) is 5.11 Å². The van der Waals surface area contributed by atoms with Crippen LogP contribution >= 0.6 is 0 Å². The number of aliphatic hydroxyl groups excluding tert-OH is 1. The number of ether oxygens (including phenoxy) is 2. The molecule has 3 aromatic rings. The lowest BCUT2D eigenvalue weighted by atomic mass is 10.1. The first-order valence-electron chi connectivity index (χ1n) is 11.8. The van der Waals surface area contributed by atoms with Gasteiger partial charge < -0.3 is 24.0 Å². The van der Waals surface area contributed by atoms with E-state index >= 15 is 0 Å². The molecule has 0 spiro atoms. The van der Waals surface area contributed by atoms with Crippen LogP contribution in [0.2, 0.25) is 25.7 Å². The molecule has 33 heavy (non-hydrogen) atoms. The molecule has 2 aromatic heterocycles. The first kappa shape index (κ1) is 25.4. The molecule has 7 nitrogen and oxygen atoms in total. The van der Waals surface area contributed by atoms with Crippen LogP contribution in [0, 0.1) is 0 Å². The summed E-state index contributed by atoms with van der Waals surface area (Å²) in [5, 5.41) is 11.2. The monoisotopic (exact) mass is 470 g/mol. The molecule has 1 N–H and O–H groups in total. The summed E-state index contributed by atoms with van der Waals surface area (Å²) in [6.45, 7) is 15.2. The van der Waals surface area contributed by atoms with Gasteiger partial charge in [0, 0.05) is 32.8 Å². The zero-order chi connectivity index (χ0) is 23.8. The number of aliphatic hydroxyl groups is 1. The highest BCUT2D eigenvalue weighted by Crippen LogP contribution is 2.28. The summed E-state index contributed by atoms with van der Waals surface area (Å²) in [5.41, 5.74) is 2.96. The number of likely N-dealkylation sites (N-methyl/N-ethyl adjacent to an activating group) is 1. The average Bonchev–Trinajstić information content (AvgIpc) is 3.17. The van der Waals surface area contributed by atoms with E-state index in [1.165, 1.54) is 0 Å². The van der Waals surface area contributed by atoms with Crippen molar-refractivity contribution in [2.75, 3.05) is 32.8 Å². The molecular weight excluding hydrogens is 432 g/mol. The Morgan fingerprint density at radius 2 is 1.85 bits per heavy atom. The Balaban J connectivity index is 1.69. The molecule has 1 aromatic carbocycles. The normalized spacial score (nSPS) is 13.1. The Morgan fingerprint density at radius 1 is 1.12 bits per heavy atom. The number of hydrogen-bond acceptors (Lipinski definition) is 6. The van der Waals surface area contributed by atoms with Gasteiger partial charge in [0.1, 0.15) is 37.2 Å². The molecule has 8 heteroatoms. The van der Waals surface area contributed by atoms with Gasteiger partial charge >= 0.3 is 0 Å². The summed E-state index contributed by atoms with van der Waals surface area (Å²) in [6.07, 6.45) is 2.89. The van der Waals surface area contributed by atoms with E-state index in [2.05, 4.69) is 59.0 Å². The number of aromatic nitrogens is 3. The second-order valence-electron chi connectivity index (χ2n) is 9.58. The molecule has 0 bridgehead atoms. The first-order chi connectivity index (χ1) is 15.8.